The molecule has 6 nitrogen and oxygen atoms in total. The van der Waals surface area contributed by atoms with Crippen LogP contribution >= 0.6 is 0 Å². The summed E-state index contributed by atoms with van der Waals surface area (Å²) >= 11 is 0. The molecule has 6 heteroatoms. The Kier molecular flexibility index (Phi) is 74.3. The summed E-state index contributed by atoms with van der Waals surface area (Å²) in [7, 11) is 0. The van der Waals surface area contributed by atoms with Gasteiger partial charge in [0.15, 0.2) is 0 Å². The van der Waals surface area contributed by atoms with Crippen LogP contribution in [0.2, 0.25) is 0 Å². The highest BCUT2D eigenvalue weighted by Gasteiger charge is 2.18. The zero-order chi connectivity index (χ0) is 62.0. The Hall–Kier alpha value is -1.66. The Morgan fingerprint density at radius 1 is 0.314 bits per heavy atom. The van der Waals surface area contributed by atoms with Crippen LogP contribution in [0.1, 0.15) is 450 Å². The highest BCUT2D eigenvalue weighted by Crippen LogP contribution is 2.20. The molecule has 3 N–H and O–H groups in total. The molecule has 2 atom stereocenters. The van der Waals surface area contributed by atoms with Gasteiger partial charge in [0.2, 0.25) is 5.91 Å². The van der Waals surface area contributed by atoms with Gasteiger partial charge in [0.25, 0.3) is 0 Å². The summed E-state index contributed by atoms with van der Waals surface area (Å²) in [5.41, 5.74) is 0. The van der Waals surface area contributed by atoms with Crippen molar-refractivity contribution in [3.8, 4) is 0 Å². The fourth-order valence-electron chi connectivity index (χ4n) is 12.7. The topological polar surface area (TPSA) is 95.9 Å². The van der Waals surface area contributed by atoms with Gasteiger partial charge >= 0.3 is 5.97 Å². The van der Waals surface area contributed by atoms with Crippen molar-refractivity contribution in [2.75, 3.05) is 13.2 Å². The summed E-state index contributed by atoms with van der Waals surface area (Å²) < 4.78 is 5.49. The van der Waals surface area contributed by atoms with E-state index in [9.17, 15) is 19.8 Å². The number of unbranched alkanes of at least 4 members (excludes halogenated alkanes) is 62. The van der Waals surface area contributed by atoms with Crippen LogP contribution in [0.3, 0.4) is 0 Å². The number of esters is 1. The predicted molar refractivity (Wildman–Crippen MR) is 380 cm³/mol. The summed E-state index contributed by atoms with van der Waals surface area (Å²) in [6, 6.07) is -0.626. The number of aliphatic hydroxyl groups excluding tert-OH is 2. The number of hydrogen-bond donors (Lipinski definition) is 3. The molecule has 0 aromatic carbocycles. The highest BCUT2D eigenvalue weighted by atomic mass is 16.5. The number of carbonyl (C=O) groups is 2. The van der Waals surface area contributed by atoms with E-state index in [2.05, 4.69) is 31.3 Å². The van der Waals surface area contributed by atoms with E-state index in [4.69, 9.17) is 4.74 Å². The molecule has 1 amide bonds. The van der Waals surface area contributed by atoms with Crippen molar-refractivity contribution in [3.05, 3.63) is 24.3 Å². The molecule has 510 valence electrons. The normalized spacial score (nSPS) is 12.6. The predicted octanol–water partition coefficient (Wildman–Crippen LogP) is 26.0. The van der Waals surface area contributed by atoms with Crippen LogP contribution in [0.25, 0.3) is 0 Å². The fourth-order valence-corrected chi connectivity index (χ4v) is 12.7. The van der Waals surface area contributed by atoms with Gasteiger partial charge in [-0.1, -0.05) is 404 Å². The van der Waals surface area contributed by atoms with Crippen molar-refractivity contribution in [2.45, 2.75) is 463 Å². The van der Waals surface area contributed by atoms with E-state index in [1.807, 2.05) is 6.08 Å². The molecule has 2 unspecified atom stereocenters. The van der Waals surface area contributed by atoms with Crippen molar-refractivity contribution in [3.63, 3.8) is 0 Å². The molecule has 0 saturated carbocycles. The molecule has 0 heterocycles. The van der Waals surface area contributed by atoms with E-state index >= 15 is 0 Å². The SMILES string of the molecule is CCCCCC/C=C\CCCCCCCC(=O)OCCCCCCCCCCCCCCCCCCCCCCCCCCCCCCCCCCC(=O)NC(CO)C(O)/C=C/CCCCCCCCCCCCCCCCCCCCCCCC. The molecule has 0 aliphatic heterocycles. The maximum atomic E-state index is 12.6. The Labute approximate surface area is 539 Å². The van der Waals surface area contributed by atoms with Crippen LogP contribution < -0.4 is 5.32 Å². The van der Waals surface area contributed by atoms with Gasteiger partial charge in [-0.15, -0.1) is 0 Å². The monoisotopic (exact) mass is 1210 g/mol. The van der Waals surface area contributed by atoms with Gasteiger partial charge in [-0.2, -0.15) is 0 Å². The zero-order valence-electron chi connectivity index (χ0n) is 58.6. The first kappa shape index (κ1) is 84.3. The van der Waals surface area contributed by atoms with Crippen molar-refractivity contribution >= 4 is 11.9 Å². The van der Waals surface area contributed by atoms with Gasteiger partial charge in [-0.25, -0.2) is 0 Å². The Balaban J connectivity index is 3.35. The van der Waals surface area contributed by atoms with Crippen molar-refractivity contribution < 1.29 is 24.5 Å². The lowest BCUT2D eigenvalue weighted by atomic mass is 10.0. The zero-order valence-corrected chi connectivity index (χ0v) is 58.6. The van der Waals surface area contributed by atoms with Crippen molar-refractivity contribution in [2.24, 2.45) is 0 Å². The number of aliphatic hydroxyl groups is 2. The Bertz CT molecular complexity index is 1350. The molecule has 0 aliphatic rings. The molecule has 0 radical (unpaired) electrons. The molecule has 86 heavy (non-hydrogen) atoms. The number of ether oxygens (including phenoxy) is 1. The second-order valence-corrected chi connectivity index (χ2v) is 27.4. The van der Waals surface area contributed by atoms with E-state index in [0.717, 1.165) is 44.9 Å². The van der Waals surface area contributed by atoms with E-state index < -0.39 is 12.1 Å². The average Bonchev–Trinajstić information content (AvgIpc) is 3.54. The van der Waals surface area contributed by atoms with E-state index in [1.54, 1.807) is 6.08 Å². The third-order valence-electron chi connectivity index (χ3n) is 18.7. The van der Waals surface area contributed by atoms with Crippen LogP contribution in [0.15, 0.2) is 24.3 Å². The smallest absolute Gasteiger partial charge is 0.305 e. The van der Waals surface area contributed by atoms with Crippen LogP contribution in [-0.4, -0.2) is 47.4 Å². The third-order valence-corrected chi connectivity index (χ3v) is 18.7. The summed E-state index contributed by atoms with van der Waals surface area (Å²) in [4.78, 5) is 24.6. The van der Waals surface area contributed by atoms with Crippen LogP contribution in [0.5, 0.6) is 0 Å². The molecule has 0 aromatic rings. The summed E-state index contributed by atoms with van der Waals surface area (Å²) in [6.45, 7) is 4.94. The lowest BCUT2D eigenvalue weighted by Gasteiger charge is -2.20. The highest BCUT2D eigenvalue weighted by molar-refractivity contribution is 5.76. The number of allylic oxidation sites excluding steroid dienone is 3. The molecule has 0 saturated heterocycles. The number of nitrogens with one attached hydrogen (secondary N) is 1. The summed E-state index contributed by atoms with van der Waals surface area (Å²) in [5.74, 6) is -0.0456. The number of amides is 1. The van der Waals surface area contributed by atoms with Crippen LogP contribution in [-0.2, 0) is 14.3 Å². The van der Waals surface area contributed by atoms with Gasteiger partial charge < -0.3 is 20.3 Å². The quantitative estimate of drug-likeness (QED) is 0.0320. The van der Waals surface area contributed by atoms with E-state index in [1.165, 1.54) is 379 Å². The molecule has 0 aliphatic carbocycles. The Morgan fingerprint density at radius 2 is 0.547 bits per heavy atom. The lowest BCUT2D eigenvalue weighted by molar-refractivity contribution is -0.143. The van der Waals surface area contributed by atoms with Gasteiger partial charge in [-0.05, 0) is 57.8 Å². The lowest BCUT2D eigenvalue weighted by Crippen LogP contribution is -2.45. The average molecular weight is 1210 g/mol. The molecular formula is C80H155NO5. The number of carbonyl (C=O) groups excluding carboxylic acids is 2. The third kappa shape index (κ3) is 71.4. The fraction of sp³-hybridized carbons (Fsp3) is 0.925. The molecule has 0 rings (SSSR count). The van der Waals surface area contributed by atoms with Crippen molar-refractivity contribution in [1.29, 1.82) is 0 Å². The Morgan fingerprint density at radius 3 is 0.837 bits per heavy atom. The van der Waals surface area contributed by atoms with Crippen LogP contribution in [0, 0.1) is 0 Å². The first-order chi connectivity index (χ1) is 42.5. The minimum Gasteiger partial charge on any atom is -0.466 e. The standard InChI is InChI=1S/C80H155NO5/c1-3-5-7-9-11-13-15-17-18-19-20-21-22-33-36-39-42-45-49-52-56-60-64-68-72-78(83)77(76-82)81-79(84)73-69-65-61-57-53-50-46-43-40-37-34-31-29-27-25-23-24-26-28-30-32-35-38-41-44-47-51-55-59-63-67-71-75-86-80(85)74-70-66-62-58-54-48-16-14-12-10-8-6-4-2/h14,16,68,72,77-78,82-83H,3-13,15,17-67,69-71,73-76H2,1-2H3,(H,81,84)/b16-14-,72-68+. The van der Waals surface area contributed by atoms with E-state index in [0.29, 0.717) is 19.4 Å². The molecule has 0 bridgehead atoms. The maximum absolute atomic E-state index is 12.6. The van der Waals surface area contributed by atoms with Gasteiger partial charge in [0, 0.05) is 12.8 Å². The largest absolute Gasteiger partial charge is 0.466 e. The second kappa shape index (κ2) is 75.8. The van der Waals surface area contributed by atoms with Crippen molar-refractivity contribution in [1.82, 2.24) is 5.32 Å². The van der Waals surface area contributed by atoms with Gasteiger partial charge in [0.05, 0.1) is 25.4 Å². The summed E-state index contributed by atoms with van der Waals surface area (Å²) in [6.07, 6.45) is 97.3. The number of rotatable bonds is 75. The first-order valence-corrected chi connectivity index (χ1v) is 39.6. The van der Waals surface area contributed by atoms with E-state index in [-0.39, 0.29) is 18.5 Å². The second-order valence-electron chi connectivity index (χ2n) is 27.4. The molecule has 0 aromatic heterocycles. The van der Waals surface area contributed by atoms with Crippen LogP contribution in [0.4, 0.5) is 0 Å². The molecule has 0 fully saturated rings. The van der Waals surface area contributed by atoms with Gasteiger partial charge in [-0.3, -0.25) is 9.59 Å². The number of hydrogen-bond acceptors (Lipinski definition) is 5. The first-order valence-electron chi connectivity index (χ1n) is 39.6. The maximum Gasteiger partial charge on any atom is 0.305 e. The molecular weight excluding hydrogens is 1050 g/mol. The minimum atomic E-state index is -0.843. The molecule has 0 spiro atoms. The van der Waals surface area contributed by atoms with Gasteiger partial charge in [0.1, 0.15) is 0 Å². The summed E-state index contributed by atoms with van der Waals surface area (Å²) in [5, 5.41) is 23.3. The minimum absolute atomic E-state index is 0.0125.